The van der Waals surface area contributed by atoms with Gasteiger partial charge in [-0.3, -0.25) is 9.52 Å². The van der Waals surface area contributed by atoms with Crippen molar-refractivity contribution in [2.75, 3.05) is 17.1 Å². The van der Waals surface area contributed by atoms with Gasteiger partial charge in [-0.1, -0.05) is 35.5 Å². The van der Waals surface area contributed by atoms with Crippen LogP contribution in [0.1, 0.15) is 5.69 Å². The van der Waals surface area contributed by atoms with Gasteiger partial charge >= 0.3 is 0 Å². The fourth-order valence-electron chi connectivity index (χ4n) is 3.10. The lowest BCUT2D eigenvalue weighted by molar-refractivity contribution is -0.115. The van der Waals surface area contributed by atoms with Crippen molar-refractivity contribution in [1.29, 1.82) is 0 Å². The fraction of sp³-hybridized carbons (Fsp3) is 0.0909. The zero-order valence-corrected chi connectivity index (χ0v) is 17.3. The van der Waals surface area contributed by atoms with Crippen LogP contribution in [0.4, 0.5) is 11.4 Å². The van der Waals surface area contributed by atoms with Gasteiger partial charge in [-0.05, 0) is 42.5 Å². The van der Waals surface area contributed by atoms with Gasteiger partial charge in [-0.2, -0.15) is 0 Å². The molecule has 0 aliphatic rings. The molecule has 8 nitrogen and oxygen atoms in total. The number of sulfonamides is 1. The van der Waals surface area contributed by atoms with Crippen LogP contribution in [0.25, 0.3) is 11.0 Å². The molecule has 1 aromatic heterocycles. The Kier molecular flexibility index (Phi) is 5.59. The molecule has 158 valence electrons. The number of methoxy groups -OCH3 is 1. The molecule has 4 aromatic rings. The lowest BCUT2D eigenvalue weighted by Gasteiger charge is -2.12. The molecule has 1 amide bonds. The molecule has 1 heterocycles. The van der Waals surface area contributed by atoms with Crippen LogP contribution in [-0.2, 0) is 21.2 Å². The highest BCUT2D eigenvalue weighted by atomic mass is 32.2. The fourth-order valence-corrected chi connectivity index (χ4v) is 4.21. The van der Waals surface area contributed by atoms with Crippen molar-refractivity contribution >= 4 is 38.3 Å². The van der Waals surface area contributed by atoms with Crippen LogP contribution in [0.5, 0.6) is 5.75 Å². The summed E-state index contributed by atoms with van der Waals surface area (Å²) in [6, 6.07) is 19.9. The van der Waals surface area contributed by atoms with E-state index in [2.05, 4.69) is 15.2 Å². The predicted octanol–water partition coefficient (Wildman–Crippen LogP) is 3.82. The number of hydrogen-bond donors (Lipinski definition) is 2. The largest absolute Gasteiger partial charge is 0.495 e. The van der Waals surface area contributed by atoms with E-state index >= 15 is 0 Å². The van der Waals surface area contributed by atoms with Crippen molar-refractivity contribution in [2.45, 2.75) is 11.3 Å². The second-order valence-electron chi connectivity index (χ2n) is 6.68. The minimum absolute atomic E-state index is 0.00286. The van der Waals surface area contributed by atoms with E-state index in [1.165, 1.54) is 19.2 Å². The molecule has 2 N–H and O–H groups in total. The van der Waals surface area contributed by atoms with Gasteiger partial charge in [-0.25, -0.2) is 8.42 Å². The lowest BCUT2D eigenvalue weighted by Crippen LogP contribution is -2.16. The van der Waals surface area contributed by atoms with E-state index in [-0.39, 0.29) is 17.2 Å². The molecule has 0 bridgehead atoms. The molecule has 0 fully saturated rings. The Morgan fingerprint density at radius 2 is 1.81 bits per heavy atom. The molecule has 31 heavy (non-hydrogen) atoms. The van der Waals surface area contributed by atoms with Crippen molar-refractivity contribution in [1.82, 2.24) is 5.16 Å². The van der Waals surface area contributed by atoms with Gasteiger partial charge in [0.1, 0.15) is 11.4 Å². The van der Waals surface area contributed by atoms with E-state index in [4.69, 9.17) is 9.26 Å². The number of anilines is 2. The number of carbonyl (C=O) groups excluding carboxylic acids is 1. The lowest BCUT2D eigenvalue weighted by atomic mass is 10.1. The van der Waals surface area contributed by atoms with E-state index in [9.17, 15) is 13.2 Å². The van der Waals surface area contributed by atoms with Crippen molar-refractivity contribution < 1.29 is 22.5 Å². The maximum Gasteiger partial charge on any atom is 0.262 e. The van der Waals surface area contributed by atoms with Crippen molar-refractivity contribution in [3.8, 4) is 5.75 Å². The van der Waals surface area contributed by atoms with Crippen LogP contribution in [0.3, 0.4) is 0 Å². The van der Waals surface area contributed by atoms with Crippen LogP contribution in [0, 0.1) is 0 Å². The van der Waals surface area contributed by atoms with Crippen LogP contribution < -0.4 is 14.8 Å². The molecule has 0 spiro atoms. The Hall–Kier alpha value is -3.85. The first-order valence-corrected chi connectivity index (χ1v) is 10.8. The summed E-state index contributed by atoms with van der Waals surface area (Å²) in [5.41, 5.74) is 1.77. The molecule has 0 unspecified atom stereocenters. The van der Waals surface area contributed by atoms with E-state index in [1.54, 1.807) is 42.5 Å². The molecule has 3 aromatic carbocycles. The third kappa shape index (κ3) is 4.51. The molecule has 0 saturated carbocycles. The number of amides is 1. The molecule has 0 atom stereocenters. The number of para-hydroxylation sites is 3. The highest BCUT2D eigenvalue weighted by Gasteiger charge is 2.18. The zero-order chi connectivity index (χ0) is 21.8. The number of carbonyl (C=O) groups is 1. The summed E-state index contributed by atoms with van der Waals surface area (Å²) in [5, 5.41) is 7.41. The smallest absolute Gasteiger partial charge is 0.262 e. The first-order chi connectivity index (χ1) is 15.0. The van der Waals surface area contributed by atoms with Crippen molar-refractivity contribution in [2.24, 2.45) is 0 Å². The number of aromatic nitrogens is 1. The summed E-state index contributed by atoms with van der Waals surface area (Å²) in [6.07, 6.45) is -0.00649. The monoisotopic (exact) mass is 437 g/mol. The summed E-state index contributed by atoms with van der Waals surface area (Å²) >= 11 is 0. The predicted molar refractivity (Wildman–Crippen MR) is 117 cm³/mol. The summed E-state index contributed by atoms with van der Waals surface area (Å²) < 4.78 is 38.5. The van der Waals surface area contributed by atoms with E-state index in [1.807, 2.05) is 18.2 Å². The van der Waals surface area contributed by atoms with Crippen LogP contribution in [-0.4, -0.2) is 26.6 Å². The SMILES string of the molecule is COc1ccccc1NS(=O)(=O)c1cccc(NC(=O)Cc2noc3ccccc23)c1. The average Bonchev–Trinajstić information content (AvgIpc) is 3.17. The first kappa shape index (κ1) is 20.4. The highest BCUT2D eigenvalue weighted by Crippen LogP contribution is 2.27. The maximum absolute atomic E-state index is 12.8. The number of benzene rings is 3. The number of nitrogens with zero attached hydrogens (tertiary/aromatic N) is 1. The Bertz CT molecular complexity index is 1350. The van der Waals surface area contributed by atoms with Gasteiger partial charge in [0, 0.05) is 11.1 Å². The van der Waals surface area contributed by atoms with Gasteiger partial charge in [-0.15, -0.1) is 0 Å². The van der Waals surface area contributed by atoms with Gasteiger partial charge in [0.25, 0.3) is 10.0 Å². The third-order valence-corrected chi connectivity index (χ3v) is 5.92. The molecule has 0 saturated heterocycles. The highest BCUT2D eigenvalue weighted by molar-refractivity contribution is 7.92. The average molecular weight is 437 g/mol. The topological polar surface area (TPSA) is 111 Å². The molecule has 0 aliphatic heterocycles. The summed E-state index contributed by atoms with van der Waals surface area (Å²) in [7, 11) is -2.43. The van der Waals surface area contributed by atoms with E-state index in [0.29, 0.717) is 28.4 Å². The van der Waals surface area contributed by atoms with Gasteiger partial charge in [0.15, 0.2) is 5.58 Å². The van der Waals surface area contributed by atoms with E-state index in [0.717, 1.165) is 5.39 Å². The van der Waals surface area contributed by atoms with Crippen LogP contribution >= 0.6 is 0 Å². The Morgan fingerprint density at radius 1 is 1.03 bits per heavy atom. The first-order valence-electron chi connectivity index (χ1n) is 9.35. The number of nitrogens with one attached hydrogen (secondary N) is 2. The van der Waals surface area contributed by atoms with Crippen molar-refractivity contribution in [3.05, 3.63) is 78.5 Å². The second-order valence-corrected chi connectivity index (χ2v) is 8.37. The zero-order valence-electron chi connectivity index (χ0n) is 16.5. The number of rotatable bonds is 7. The third-order valence-electron chi connectivity index (χ3n) is 4.56. The number of fused-ring (bicyclic) bond motifs is 1. The summed E-state index contributed by atoms with van der Waals surface area (Å²) in [6.45, 7) is 0. The molecule has 4 rings (SSSR count). The minimum atomic E-state index is -3.89. The van der Waals surface area contributed by atoms with Crippen LogP contribution in [0.15, 0.2) is 82.2 Å². The Balaban J connectivity index is 1.50. The number of ether oxygens (including phenoxy) is 1. The molecule has 0 radical (unpaired) electrons. The second kappa shape index (κ2) is 8.49. The number of hydrogen-bond acceptors (Lipinski definition) is 6. The Labute approximate surface area is 178 Å². The van der Waals surface area contributed by atoms with Gasteiger partial charge in [0.05, 0.1) is 24.1 Å². The molecule has 0 aliphatic carbocycles. The van der Waals surface area contributed by atoms with Crippen molar-refractivity contribution in [3.63, 3.8) is 0 Å². The Morgan fingerprint density at radius 3 is 2.65 bits per heavy atom. The summed E-state index contributed by atoms with van der Waals surface area (Å²) in [4.78, 5) is 12.5. The van der Waals surface area contributed by atoms with Gasteiger partial charge in [0.2, 0.25) is 5.91 Å². The maximum atomic E-state index is 12.8. The molecular weight excluding hydrogens is 418 g/mol. The standard InChI is InChI=1S/C22H19N3O5S/c1-29-21-12-5-3-10-18(21)25-31(27,28)16-8-6-7-15(13-16)23-22(26)14-19-17-9-2-4-11-20(17)30-24-19/h2-13,25H,14H2,1H3,(H,23,26). The molecular formula is C22H19N3O5S. The normalized spacial score (nSPS) is 11.3. The summed E-state index contributed by atoms with van der Waals surface area (Å²) in [5.74, 6) is 0.0571. The minimum Gasteiger partial charge on any atom is -0.495 e. The molecule has 9 heteroatoms. The van der Waals surface area contributed by atoms with Crippen LogP contribution in [0.2, 0.25) is 0 Å². The van der Waals surface area contributed by atoms with E-state index < -0.39 is 10.0 Å². The quantitative estimate of drug-likeness (QED) is 0.455. The van der Waals surface area contributed by atoms with Gasteiger partial charge < -0.3 is 14.6 Å².